The minimum Gasteiger partial charge on any atom is -0.290 e. The second-order valence-electron chi connectivity index (χ2n) is 3.73. The molecular weight excluding hydrogens is 218 g/mol. The average molecular weight is 233 g/mol. The maximum Gasteiger partial charge on any atom is 0.205 e. The Hall–Kier alpha value is -1.98. The molecule has 0 aliphatic carbocycles. The van der Waals surface area contributed by atoms with E-state index in [0.717, 1.165) is 24.4 Å². The molecule has 1 N–H and O–H groups in total. The largest absolute Gasteiger partial charge is 0.290 e. The van der Waals surface area contributed by atoms with Gasteiger partial charge in [-0.25, -0.2) is 4.98 Å². The molecule has 0 aromatic carbocycles. The first-order valence-electron chi connectivity index (χ1n) is 5.68. The lowest BCUT2D eigenvalue weighted by Gasteiger charge is -2.01. The van der Waals surface area contributed by atoms with Gasteiger partial charge in [0.2, 0.25) is 5.78 Å². The van der Waals surface area contributed by atoms with Gasteiger partial charge in [-0.05, 0) is 19.4 Å². The van der Waals surface area contributed by atoms with Crippen LogP contribution >= 0.6 is 0 Å². The zero-order valence-electron chi connectivity index (χ0n) is 9.97. The van der Waals surface area contributed by atoms with Crippen LogP contribution in [0.1, 0.15) is 35.9 Å². The van der Waals surface area contributed by atoms with Crippen LogP contribution in [0.15, 0.2) is 12.4 Å². The number of H-pyrrole nitrogens is 1. The Labute approximate surface area is 99.1 Å². The fraction of sp³-hybridized carbons (Fsp3) is 0.455. The van der Waals surface area contributed by atoms with E-state index in [9.17, 15) is 4.79 Å². The molecule has 0 amide bonds. The predicted octanol–water partition coefficient (Wildman–Crippen LogP) is 1.01. The number of carbonyl (C=O) groups excluding carboxylic acids is 1. The van der Waals surface area contributed by atoms with Crippen molar-refractivity contribution >= 4 is 5.78 Å². The third-order valence-corrected chi connectivity index (χ3v) is 2.60. The number of nitrogens with zero attached hydrogens (tertiary/aromatic N) is 4. The van der Waals surface area contributed by atoms with Crippen LogP contribution in [0, 0.1) is 0 Å². The summed E-state index contributed by atoms with van der Waals surface area (Å²) in [5.74, 6) is 0.228. The van der Waals surface area contributed by atoms with Gasteiger partial charge in [-0.1, -0.05) is 6.92 Å². The Bertz CT molecular complexity index is 500. The SMILES string of the molecule is CCc1cc(CC(=O)c2ncn[nH]2)n(CC)n1. The number of hydrogen-bond acceptors (Lipinski definition) is 4. The molecule has 2 aromatic heterocycles. The van der Waals surface area contributed by atoms with Crippen molar-refractivity contribution in [2.75, 3.05) is 0 Å². The third kappa shape index (κ3) is 2.41. The quantitative estimate of drug-likeness (QED) is 0.782. The number of hydrogen-bond donors (Lipinski definition) is 1. The van der Waals surface area contributed by atoms with E-state index < -0.39 is 0 Å². The lowest BCUT2D eigenvalue weighted by Crippen LogP contribution is -2.11. The smallest absolute Gasteiger partial charge is 0.205 e. The van der Waals surface area contributed by atoms with Gasteiger partial charge in [-0.15, -0.1) is 0 Å². The van der Waals surface area contributed by atoms with Crippen LogP contribution in [0.5, 0.6) is 0 Å². The number of Topliss-reactive ketones (excluding diaryl/α,β-unsaturated/α-hetero) is 1. The number of nitrogens with one attached hydrogen (secondary N) is 1. The van der Waals surface area contributed by atoms with Crippen molar-refractivity contribution in [2.45, 2.75) is 33.2 Å². The molecule has 0 unspecified atom stereocenters. The molecule has 0 radical (unpaired) electrons. The van der Waals surface area contributed by atoms with Crippen LogP contribution in [0.3, 0.4) is 0 Å². The van der Waals surface area contributed by atoms with Crippen LogP contribution in [0.2, 0.25) is 0 Å². The van der Waals surface area contributed by atoms with Crippen LogP contribution in [0.4, 0.5) is 0 Å². The van der Waals surface area contributed by atoms with Crippen molar-refractivity contribution in [3.8, 4) is 0 Å². The van der Waals surface area contributed by atoms with E-state index in [1.165, 1.54) is 6.33 Å². The second-order valence-corrected chi connectivity index (χ2v) is 3.73. The summed E-state index contributed by atoms with van der Waals surface area (Å²) in [6, 6.07) is 1.97. The van der Waals surface area contributed by atoms with Gasteiger partial charge in [0, 0.05) is 12.2 Å². The van der Waals surface area contributed by atoms with Gasteiger partial charge >= 0.3 is 0 Å². The lowest BCUT2D eigenvalue weighted by molar-refractivity contribution is 0.0981. The van der Waals surface area contributed by atoms with Gasteiger partial charge in [0.05, 0.1) is 12.1 Å². The van der Waals surface area contributed by atoms with E-state index >= 15 is 0 Å². The molecule has 0 saturated carbocycles. The minimum atomic E-state index is -0.0697. The number of aromatic nitrogens is 5. The van der Waals surface area contributed by atoms with Crippen molar-refractivity contribution in [1.29, 1.82) is 0 Å². The van der Waals surface area contributed by atoms with Crippen molar-refractivity contribution in [3.05, 3.63) is 29.6 Å². The maximum absolute atomic E-state index is 11.9. The highest BCUT2D eigenvalue weighted by Crippen LogP contribution is 2.08. The highest BCUT2D eigenvalue weighted by molar-refractivity contribution is 5.93. The molecule has 0 spiro atoms. The summed E-state index contributed by atoms with van der Waals surface area (Å²) in [6.07, 6.45) is 2.51. The van der Waals surface area contributed by atoms with Crippen LogP contribution in [0.25, 0.3) is 0 Å². The Morgan fingerprint density at radius 3 is 2.88 bits per heavy atom. The Balaban J connectivity index is 2.18. The highest BCUT2D eigenvalue weighted by atomic mass is 16.1. The van der Waals surface area contributed by atoms with Crippen LogP contribution in [-0.4, -0.2) is 30.7 Å². The average Bonchev–Trinajstić information content (AvgIpc) is 2.97. The summed E-state index contributed by atoms with van der Waals surface area (Å²) in [6.45, 7) is 4.82. The lowest BCUT2D eigenvalue weighted by atomic mass is 10.2. The predicted molar refractivity (Wildman–Crippen MR) is 61.7 cm³/mol. The molecular formula is C11H15N5O. The van der Waals surface area contributed by atoms with Gasteiger partial charge in [0.15, 0.2) is 5.82 Å². The molecule has 0 bridgehead atoms. The van der Waals surface area contributed by atoms with E-state index in [1.54, 1.807) is 0 Å². The molecule has 6 nitrogen and oxygen atoms in total. The number of aromatic amines is 1. The summed E-state index contributed by atoms with van der Waals surface area (Å²) in [5.41, 5.74) is 1.93. The van der Waals surface area contributed by atoms with Crippen LogP contribution < -0.4 is 0 Å². The van der Waals surface area contributed by atoms with Gasteiger partial charge in [0.1, 0.15) is 6.33 Å². The first kappa shape index (κ1) is 11.5. The summed E-state index contributed by atoms with van der Waals surface area (Å²) >= 11 is 0. The van der Waals surface area contributed by atoms with Crippen molar-refractivity contribution in [2.24, 2.45) is 0 Å². The topological polar surface area (TPSA) is 76.5 Å². The number of ketones is 1. The Kier molecular flexibility index (Phi) is 3.32. The molecule has 2 aromatic rings. The van der Waals surface area contributed by atoms with E-state index in [1.807, 2.05) is 24.6 Å². The fourth-order valence-corrected chi connectivity index (χ4v) is 1.69. The van der Waals surface area contributed by atoms with Crippen molar-refractivity contribution in [3.63, 3.8) is 0 Å². The van der Waals surface area contributed by atoms with Crippen molar-refractivity contribution in [1.82, 2.24) is 25.0 Å². The first-order chi connectivity index (χ1) is 8.24. The standard InChI is InChI=1S/C11H15N5O/c1-3-8-5-9(16(4-2)15-8)6-10(17)11-12-7-13-14-11/h5,7H,3-4,6H2,1-2H3,(H,12,13,14). The van der Waals surface area contributed by atoms with Gasteiger partial charge < -0.3 is 0 Å². The van der Waals surface area contributed by atoms with Gasteiger partial charge in [0.25, 0.3) is 0 Å². The second kappa shape index (κ2) is 4.90. The molecule has 0 saturated heterocycles. The Morgan fingerprint density at radius 1 is 1.47 bits per heavy atom. The number of rotatable bonds is 5. The Morgan fingerprint density at radius 2 is 2.29 bits per heavy atom. The molecule has 2 rings (SSSR count). The molecule has 0 aliphatic rings. The summed E-state index contributed by atoms with van der Waals surface area (Å²) in [7, 11) is 0. The zero-order valence-corrected chi connectivity index (χ0v) is 9.97. The van der Waals surface area contributed by atoms with Gasteiger partial charge in [-0.2, -0.15) is 10.2 Å². The number of aryl methyl sites for hydroxylation is 2. The maximum atomic E-state index is 11.9. The molecule has 17 heavy (non-hydrogen) atoms. The fourth-order valence-electron chi connectivity index (χ4n) is 1.69. The summed E-state index contributed by atoms with van der Waals surface area (Å²) in [4.78, 5) is 15.7. The normalized spacial score (nSPS) is 10.7. The van der Waals surface area contributed by atoms with E-state index in [4.69, 9.17) is 0 Å². The molecule has 0 fully saturated rings. The molecule has 0 aliphatic heterocycles. The van der Waals surface area contributed by atoms with Gasteiger partial charge in [-0.3, -0.25) is 14.6 Å². The van der Waals surface area contributed by atoms with E-state index in [-0.39, 0.29) is 5.78 Å². The molecule has 90 valence electrons. The van der Waals surface area contributed by atoms with Crippen LogP contribution in [-0.2, 0) is 19.4 Å². The van der Waals surface area contributed by atoms with E-state index in [2.05, 4.69) is 20.3 Å². The summed E-state index contributed by atoms with van der Waals surface area (Å²) in [5, 5.41) is 10.6. The molecule has 2 heterocycles. The zero-order chi connectivity index (χ0) is 12.3. The summed E-state index contributed by atoms with van der Waals surface area (Å²) < 4.78 is 1.85. The monoisotopic (exact) mass is 233 g/mol. The minimum absolute atomic E-state index is 0.0697. The first-order valence-corrected chi connectivity index (χ1v) is 5.68. The molecule has 6 heteroatoms. The third-order valence-electron chi connectivity index (χ3n) is 2.60. The van der Waals surface area contributed by atoms with E-state index in [0.29, 0.717) is 12.2 Å². The number of carbonyl (C=O) groups is 1. The highest BCUT2D eigenvalue weighted by Gasteiger charge is 2.14. The molecule has 0 atom stereocenters. The van der Waals surface area contributed by atoms with Crippen molar-refractivity contribution < 1.29 is 4.79 Å².